The summed E-state index contributed by atoms with van der Waals surface area (Å²) in [6, 6.07) is 3.01. The Hall–Kier alpha value is -2.07. The largest absolute Gasteiger partial charge is 0.386 e. The van der Waals surface area contributed by atoms with Gasteiger partial charge >= 0.3 is 0 Å². The predicted octanol–water partition coefficient (Wildman–Crippen LogP) is 1.28. The van der Waals surface area contributed by atoms with Gasteiger partial charge in [-0.15, -0.1) is 0 Å². The first-order chi connectivity index (χ1) is 12.1. The van der Waals surface area contributed by atoms with Gasteiger partial charge in [-0.3, -0.25) is 15.1 Å². The molecule has 8 nitrogen and oxygen atoms in total. The average molecular weight is 383 g/mol. The van der Waals surface area contributed by atoms with Crippen molar-refractivity contribution in [2.75, 3.05) is 13.2 Å². The van der Waals surface area contributed by atoms with Crippen molar-refractivity contribution in [1.29, 1.82) is 0 Å². The van der Waals surface area contributed by atoms with Gasteiger partial charge in [0, 0.05) is 17.7 Å². The maximum atomic E-state index is 14.6. The summed E-state index contributed by atoms with van der Waals surface area (Å²) in [5, 5.41) is 9.97. The third kappa shape index (κ3) is 2.02. The van der Waals surface area contributed by atoms with Crippen LogP contribution in [0.25, 0.3) is 0 Å². The van der Waals surface area contributed by atoms with Gasteiger partial charge in [-0.1, -0.05) is 0 Å². The standard InChI is InChI=1S/C16H18FN3O5S/c1-15(9-2-3-9)14(18)19-16(8-25-7-13(16)26(15,23)24)11-6-10(20(21)22)4-5-12(11)17/h4-6,9,13H,2-3,7-8H2,1H3,(H2,18,19)/t13-,15+,16-/m1/s1. The third-order valence-corrected chi connectivity index (χ3v) is 8.90. The number of nitro benzene ring substituents is 1. The van der Waals surface area contributed by atoms with Crippen LogP contribution in [-0.2, 0) is 20.1 Å². The van der Waals surface area contributed by atoms with Crippen molar-refractivity contribution in [2.24, 2.45) is 16.6 Å². The molecule has 0 amide bonds. The molecular formula is C16H18FN3O5S. The van der Waals surface area contributed by atoms with E-state index in [2.05, 4.69) is 4.99 Å². The normalized spacial score (nSPS) is 35.6. The average Bonchev–Trinajstić information content (AvgIpc) is 3.34. The molecule has 2 heterocycles. The number of aliphatic imine (C=N–C) groups is 1. The number of amidine groups is 1. The number of benzene rings is 1. The fourth-order valence-electron chi connectivity index (χ4n) is 4.12. The number of fused-ring (bicyclic) bond motifs is 1. The van der Waals surface area contributed by atoms with Crippen molar-refractivity contribution in [3.63, 3.8) is 0 Å². The lowest BCUT2D eigenvalue weighted by atomic mass is 9.87. The summed E-state index contributed by atoms with van der Waals surface area (Å²) in [4.78, 5) is 14.9. The second-order valence-electron chi connectivity index (χ2n) is 7.27. The van der Waals surface area contributed by atoms with Crippen LogP contribution in [0.3, 0.4) is 0 Å². The maximum absolute atomic E-state index is 14.6. The summed E-state index contributed by atoms with van der Waals surface area (Å²) in [5.74, 6) is -0.967. The minimum absolute atomic E-state index is 0.0762. The first-order valence-corrected chi connectivity index (χ1v) is 9.80. The van der Waals surface area contributed by atoms with E-state index in [1.165, 1.54) is 0 Å². The molecule has 4 rings (SSSR count). The number of nitro groups is 1. The zero-order chi connectivity index (χ0) is 18.9. The van der Waals surface area contributed by atoms with Gasteiger partial charge in [-0.25, -0.2) is 12.8 Å². The highest BCUT2D eigenvalue weighted by atomic mass is 32.2. The Morgan fingerprint density at radius 3 is 2.73 bits per heavy atom. The van der Waals surface area contributed by atoms with E-state index in [-0.39, 0.29) is 36.2 Å². The van der Waals surface area contributed by atoms with Gasteiger partial charge in [0.1, 0.15) is 27.2 Å². The highest BCUT2D eigenvalue weighted by Gasteiger charge is 2.67. The predicted molar refractivity (Wildman–Crippen MR) is 91.0 cm³/mol. The zero-order valence-electron chi connectivity index (χ0n) is 14.0. The first-order valence-electron chi connectivity index (χ1n) is 8.26. The molecule has 10 heteroatoms. The van der Waals surface area contributed by atoms with Gasteiger partial charge in [0.05, 0.1) is 18.1 Å². The van der Waals surface area contributed by atoms with Crippen LogP contribution in [0, 0.1) is 21.8 Å². The number of rotatable bonds is 3. The number of hydrogen-bond donors (Lipinski definition) is 1. The van der Waals surface area contributed by atoms with Gasteiger partial charge in [-0.05, 0) is 31.7 Å². The summed E-state index contributed by atoms with van der Waals surface area (Å²) >= 11 is 0. The SMILES string of the molecule is C[C@]1(C2CC2)C(N)=N[C@@]2(c3cc([N+](=O)[O-])ccc3F)COC[C@H]2S1(=O)=O. The van der Waals surface area contributed by atoms with Gasteiger partial charge in [0.2, 0.25) is 0 Å². The van der Waals surface area contributed by atoms with Gasteiger partial charge in [0.25, 0.3) is 5.69 Å². The molecule has 140 valence electrons. The number of nitrogens with zero attached hydrogens (tertiary/aromatic N) is 2. The molecule has 26 heavy (non-hydrogen) atoms. The molecule has 0 unspecified atom stereocenters. The van der Waals surface area contributed by atoms with Crippen LogP contribution in [0.15, 0.2) is 23.2 Å². The fraction of sp³-hybridized carbons (Fsp3) is 0.562. The molecular weight excluding hydrogens is 365 g/mol. The molecule has 1 saturated heterocycles. The number of sulfone groups is 1. The van der Waals surface area contributed by atoms with Crippen molar-refractivity contribution in [3.05, 3.63) is 39.7 Å². The Balaban J connectivity index is 1.98. The molecule has 1 aliphatic carbocycles. The molecule has 1 aromatic carbocycles. The summed E-state index contributed by atoms with van der Waals surface area (Å²) in [6.07, 6.45) is 1.47. The Labute approximate surface area is 149 Å². The molecule has 0 radical (unpaired) electrons. The lowest BCUT2D eigenvalue weighted by Gasteiger charge is -2.43. The third-order valence-electron chi connectivity index (χ3n) is 5.90. The number of non-ortho nitro benzene ring substituents is 1. The maximum Gasteiger partial charge on any atom is 0.270 e. The molecule has 1 saturated carbocycles. The van der Waals surface area contributed by atoms with Crippen LogP contribution in [-0.4, -0.2) is 42.4 Å². The molecule has 0 spiro atoms. The van der Waals surface area contributed by atoms with Crippen molar-refractivity contribution >= 4 is 21.4 Å². The molecule has 2 N–H and O–H groups in total. The summed E-state index contributed by atoms with van der Waals surface area (Å²) in [6.45, 7) is 1.21. The van der Waals surface area contributed by atoms with E-state index in [9.17, 15) is 22.9 Å². The van der Waals surface area contributed by atoms with E-state index in [1.807, 2.05) is 0 Å². The highest BCUT2D eigenvalue weighted by molar-refractivity contribution is 7.94. The van der Waals surface area contributed by atoms with E-state index in [4.69, 9.17) is 10.5 Å². The van der Waals surface area contributed by atoms with Crippen LogP contribution in [0.1, 0.15) is 25.3 Å². The Bertz CT molecular complexity index is 945. The first kappa shape index (κ1) is 17.3. The number of ether oxygens (including phenoxy) is 1. The molecule has 0 bridgehead atoms. The lowest BCUT2D eigenvalue weighted by Crippen LogP contribution is -2.62. The monoisotopic (exact) mass is 383 g/mol. The van der Waals surface area contributed by atoms with Crippen LogP contribution in [0.5, 0.6) is 0 Å². The zero-order valence-corrected chi connectivity index (χ0v) is 14.8. The molecule has 3 atom stereocenters. The van der Waals surface area contributed by atoms with E-state index in [0.717, 1.165) is 31.0 Å². The quantitative estimate of drug-likeness (QED) is 0.619. The number of hydrogen-bond acceptors (Lipinski definition) is 7. The summed E-state index contributed by atoms with van der Waals surface area (Å²) in [5.41, 5.74) is 4.00. The number of halogens is 1. The Morgan fingerprint density at radius 1 is 1.42 bits per heavy atom. The van der Waals surface area contributed by atoms with E-state index >= 15 is 0 Å². The topological polar surface area (TPSA) is 125 Å². The smallest absolute Gasteiger partial charge is 0.270 e. The second kappa shape index (κ2) is 5.23. The van der Waals surface area contributed by atoms with Crippen LogP contribution in [0.4, 0.5) is 10.1 Å². The van der Waals surface area contributed by atoms with Crippen molar-refractivity contribution < 1.29 is 22.5 Å². The van der Waals surface area contributed by atoms with Crippen molar-refractivity contribution in [3.8, 4) is 0 Å². The summed E-state index contributed by atoms with van der Waals surface area (Å²) in [7, 11) is -3.86. The van der Waals surface area contributed by atoms with Gasteiger partial charge in [-0.2, -0.15) is 0 Å². The minimum Gasteiger partial charge on any atom is -0.386 e. The molecule has 2 aliphatic heterocycles. The fourth-order valence-corrected chi connectivity index (χ4v) is 6.78. The Morgan fingerprint density at radius 2 is 2.12 bits per heavy atom. The second-order valence-corrected chi connectivity index (χ2v) is 9.78. The van der Waals surface area contributed by atoms with E-state index in [1.54, 1.807) is 6.92 Å². The van der Waals surface area contributed by atoms with Crippen molar-refractivity contribution in [2.45, 2.75) is 35.3 Å². The van der Waals surface area contributed by atoms with Crippen molar-refractivity contribution in [1.82, 2.24) is 0 Å². The molecule has 1 aromatic rings. The minimum atomic E-state index is -3.86. The van der Waals surface area contributed by atoms with Crippen LogP contribution in [0.2, 0.25) is 0 Å². The lowest BCUT2D eigenvalue weighted by molar-refractivity contribution is -0.385. The van der Waals surface area contributed by atoms with Gasteiger partial charge < -0.3 is 10.5 Å². The summed E-state index contributed by atoms with van der Waals surface area (Å²) < 4.78 is 45.5. The molecule has 0 aromatic heterocycles. The van der Waals surface area contributed by atoms with E-state index in [0.29, 0.717) is 0 Å². The highest BCUT2D eigenvalue weighted by Crippen LogP contribution is 2.53. The number of nitrogens with two attached hydrogens (primary N) is 1. The van der Waals surface area contributed by atoms with E-state index < -0.39 is 36.1 Å². The van der Waals surface area contributed by atoms with Crippen LogP contribution < -0.4 is 5.73 Å². The molecule has 2 fully saturated rings. The van der Waals surface area contributed by atoms with Gasteiger partial charge in [0.15, 0.2) is 9.84 Å². The van der Waals surface area contributed by atoms with Crippen LogP contribution >= 0.6 is 0 Å². The molecule has 3 aliphatic rings. The Kier molecular flexibility index (Phi) is 3.49.